The molecule has 0 unspecified atom stereocenters. The van der Waals surface area contributed by atoms with Crippen molar-refractivity contribution in [1.82, 2.24) is 20.6 Å². The average Bonchev–Trinajstić information content (AvgIpc) is 3.03. The molecule has 6 nitrogen and oxygen atoms in total. The SMILES string of the molecule is CCNC(=NCc1ccnc(OC2CCCCC2)c1)NCc1nc(C)c(C)s1. The monoisotopic (exact) mass is 401 g/mol. The second-order valence-electron chi connectivity index (χ2n) is 7.18. The normalized spacial score (nSPS) is 15.5. The summed E-state index contributed by atoms with van der Waals surface area (Å²) in [7, 11) is 0. The standard InChI is InChI=1S/C21H31N5OS/c1-4-22-21(25-14-20-26-15(2)16(3)28-20)24-13-17-10-11-23-19(12-17)27-18-8-6-5-7-9-18/h10-12,18H,4-9,13-14H2,1-3H3,(H2,22,24,25). The van der Waals surface area contributed by atoms with E-state index in [1.807, 2.05) is 25.3 Å². The lowest BCUT2D eigenvalue weighted by molar-refractivity contribution is 0.148. The summed E-state index contributed by atoms with van der Waals surface area (Å²) < 4.78 is 6.07. The molecule has 2 heterocycles. The Morgan fingerprint density at radius 3 is 2.79 bits per heavy atom. The summed E-state index contributed by atoms with van der Waals surface area (Å²) in [5, 5.41) is 7.74. The Morgan fingerprint density at radius 2 is 2.07 bits per heavy atom. The van der Waals surface area contributed by atoms with Crippen LogP contribution in [0.5, 0.6) is 5.88 Å². The van der Waals surface area contributed by atoms with Crippen molar-refractivity contribution in [3.63, 3.8) is 0 Å². The van der Waals surface area contributed by atoms with Gasteiger partial charge in [0.25, 0.3) is 0 Å². The van der Waals surface area contributed by atoms with Gasteiger partial charge in [0.1, 0.15) is 11.1 Å². The number of rotatable bonds is 7. The third-order valence-electron chi connectivity index (χ3n) is 4.88. The van der Waals surface area contributed by atoms with E-state index in [-0.39, 0.29) is 0 Å². The van der Waals surface area contributed by atoms with Crippen molar-refractivity contribution in [2.24, 2.45) is 4.99 Å². The number of hydrogen-bond acceptors (Lipinski definition) is 5. The quantitative estimate of drug-likeness (QED) is 0.539. The lowest BCUT2D eigenvalue weighted by Gasteiger charge is -2.22. The highest BCUT2D eigenvalue weighted by atomic mass is 32.1. The van der Waals surface area contributed by atoms with Crippen LogP contribution in [0.25, 0.3) is 0 Å². The summed E-state index contributed by atoms with van der Waals surface area (Å²) in [4.78, 5) is 14.9. The van der Waals surface area contributed by atoms with E-state index < -0.39 is 0 Å². The topological polar surface area (TPSA) is 71.4 Å². The van der Waals surface area contributed by atoms with Gasteiger partial charge in [0.15, 0.2) is 5.96 Å². The molecule has 1 saturated carbocycles. The van der Waals surface area contributed by atoms with Crippen molar-refractivity contribution >= 4 is 17.3 Å². The molecular weight excluding hydrogens is 370 g/mol. The van der Waals surface area contributed by atoms with Crippen molar-refractivity contribution in [3.8, 4) is 5.88 Å². The molecule has 2 aromatic heterocycles. The zero-order valence-corrected chi connectivity index (χ0v) is 17.9. The Kier molecular flexibility index (Phi) is 7.65. The molecule has 0 radical (unpaired) electrons. The molecule has 0 amide bonds. The molecule has 0 atom stereocenters. The van der Waals surface area contributed by atoms with Crippen LogP contribution in [0.3, 0.4) is 0 Å². The Labute approximate surface area is 171 Å². The fourth-order valence-corrected chi connectivity index (χ4v) is 4.13. The predicted molar refractivity (Wildman–Crippen MR) is 115 cm³/mol. The molecule has 152 valence electrons. The van der Waals surface area contributed by atoms with Crippen LogP contribution in [-0.4, -0.2) is 28.6 Å². The van der Waals surface area contributed by atoms with Crippen LogP contribution in [0.15, 0.2) is 23.3 Å². The number of ether oxygens (including phenoxy) is 1. The molecule has 7 heteroatoms. The zero-order chi connectivity index (χ0) is 19.8. The first-order valence-electron chi connectivity index (χ1n) is 10.2. The van der Waals surface area contributed by atoms with Crippen LogP contribution in [0.4, 0.5) is 0 Å². The van der Waals surface area contributed by atoms with Crippen molar-refractivity contribution in [1.29, 1.82) is 0 Å². The molecule has 0 saturated heterocycles. The van der Waals surface area contributed by atoms with Gasteiger partial charge in [-0.3, -0.25) is 0 Å². The van der Waals surface area contributed by atoms with Crippen molar-refractivity contribution in [2.75, 3.05) is 6.54 Å². The molecule has 3 rings (SSSR count). The first kappa shape index (κ1) is 20.6. The molecule has 0 spiro atoms. The number of aromatic nitrogens is 2. The summed E-state index contributed by atoms with van der Waals surface area (Å²) in [5.41, 5.74) is 2.20. The summed E-state index contributed by atoms with van der Waals surface area (Å²) in [6.07, 6.45) is 8.22. The van der Waals surface area contributed by atoms with Gasteiger partial charge in [-0.1, -0.05) is 6.42 Å². The average molecular weight is 402 g/mol. The Balaban J connectivity index is 1.57. The molecule has 1 fully saturated rings. The number of nitrogens with one attached hydrogen (secondary N) is 2. The molecule has 0 aromatic carbocycles. The number of aryl methyl sites for hydroxylation is 2. The minimum Gasteiger partial charge on any atom is -0.474 e. The fraction of sp³-hybridized carbons (Fsp3) is 0.571. The van der Waals surface area contributed by atoms with Gasteiger partial charge in [-0.05, 0) is 58.1 Å². The van der Waals surface area contributed by atoms with Gasteiger partial charge in [-0.15, -0.1) is 11.3 Å². The molecule has 1 aliphatic rings. The molecule has 2 aromatic rings. The molecule has 0 bridgehead atoms. The van der Waals surface area contributed by atoms with E-state index in [4.69, 9.17) is 9.73 Å². The minimum absolute atomic E-state index is 0.309. The van der Waals surface area contributed by atoms with Crippen molar-refractivity contribution < 1.29 is 4.74 Å². The van der Waals surface area contributed by atoms with Gasteiger partial charge in [0, 0.05) is 23.7 Å². The summed E-state index contributed by atoms with van der Waals surface area (Å²) >= 11 is 1.73. The minimum atomic E-state index is 0.309. The second kappa shape index (κ2) is 10.4. The summed E-state index contributed by atoms with van der Waals surface area (Å²) in [5.74, 6) is 1.51. The highest BCUT2D eigenvalue weighted by Gasteiger charge is 2.15. The fourth-order valence-electron chi connectivity index (χ4n) is 3.25. The van der Waals surface area contributed by atoms with E-state index in [2.05, 4.69) is 34.4 Å². The van der Waals surface area contributed by atoms with Gasteiger partial charge < -0.3 is 15.4 Å². The van der Waals surface area contributed by atoms with Gasteiger partial charge in [0.2, 0.25) is 5.88 Å². The third-order valence-corrected chi connectivity index (χ3v) is 5.96. The largest absolute Gasteiger partial charge is 0.474 e. The van der Waals surface area contributed by atoms with Gasteiger partial charge in [0.05, 0.1) is 18.8 Å². The molecule has 1 aliphatic carbocycles. The maximum absolute atomic E-state index is 6.07. The number of thiazole rings is 1. The number of pyridine rings is 1. The first-order valence-corrected chi connectivity index (χ1v) is 11.0. The van der Waals surface area contributed by atoms with Crippen molar-refractivity contribution in [3.05, 3.63) is 39.5 Å². The van der Waals surface area contributed by atoms with Crippen molar-refractivity contribution in [2.45, 2.75) is 72.1 Å². The molecule has 0 aliphatic heterocycles. The van der Waals surface area contributed by atoms with Crippen LogP contribution >= 0.6 is 11.3 Å². The Bertz CT molecular complexity index is 763. The van der Waals surface area contributed by atoms with Gasteiger partial charge >= 0.3 is 0 Å². The van der Waals surface area contributed by atoms with Crippen LogP contribution in [0, 0.1) is 13.8 Å². The number of guanidine groups is 1. The molecule has 28 heavy (non-hydrogen) atoms. The zero-order valence-electron chi connectivity index (χ0n) is 17.1. The molecule has 2 N–H and O–H groups in total. The van der Waals surface area contributed by atoms with Gasteiger partial charge in [-0.25, -0.2) is 15.0 Å². The van der Waals surface area contributed by atoms with E-state index >= 15 is 0 Å². The van der Waals surface area contributed by atoms with Crippen LogP contribution in [0.1, 0.15) is 60.2 Å². The molecular formula is C21H31N5OS. The van der Waals surface area contributed by atoms with E-state index in [9.17, 15) is 0 Å². The lowest BCUT2D eigenvalue weighted by Crippen LogP contribution is -2.36. The number of nitrogens with zero attached hydrogens (tertiary/aromatic N) is 3. The number of hydrogen-bond donors (Lipinski definition) is 2. The highest BCUT2D eigenvalue weighted by Crippen LogP contribution is 2.22. The van der Waals surface area contributed by atoms with E-state index in [1.54, 1.807) is 11.3 Å². The van der Waals surface area contributed by atoms with Crippen LogP contribution in [0.2, 0.25) is 0 Å². The second-order valence-corrected chi connectivity index (χ2v) is 8.47. The van der Waals surface area contributed by atoms with Crippen LogP contribution < -0.4 is 15.4 Å². The van der Waals surface area contributed by atoms with E-state index in [0.29, 0.717) is 25.1 Å². The first-order chi connectivity index (χ1) is 13.6. The van der Waals surface area contributed by atoms with Gasteiger partial charge in [-0.2, -0.15) is 0 Å². The smallest absolute Gasteiger partial charge is 0.213 e. The highest BCUT2D eigenvalue weighted by molar-refractivity contribution is 7.11. The maximum Gasteiger partial charge on any atom is 0.213 e. The Morgan fingerprint density at radius 1 is 1.25 bits per heavy atom. The summed E-state index contributed by atoms with van der Waals surface area (Å²) in [6, 6.07) is 4.00. The maximum atomic E-state index is 6.07. The number of aliphatic imine (C=N–C) groups is 1. The summed E-state index contributed by atoms with van der Waals surface area (Å²) in [6.45, 7) is 8.29. The lowest BCUT2D eigenvalue weighted by atomic mass is 9.98. The predicted octanol–water partition coefficient (Wildman–Crippen LogP) is 4.12. The van der Waals surface area contributed by atoms with Crippen LogP contribution in [-0.2, 0) is 13.1 Å². The van der Waals surface area contributed by atoms with E-state index in [1.165, 1.54) is 24.1 Å². The Hall–Kier alpha value is -2.15. The third kappa shape index (κ3) is 6.19. The van der Waals surface area contributed by atoms with E-state index in [0.717, 1.165) is 41.6 Å².